The first-order chi connectivity index (χ1) is 6.54. The third kappa shape index (κ3) is 1.65. The first kappa shape index (κ1) is 9.96. The summed E-state index contributed by atoms with van der Waals surface area (Å²) in [7, 11) is -3.03. The van der Waals surface area contributed by atoms with E-state index in [1.54, 1.807) is 0 Å². The number of rotatable bonds is 0. The number of amides is 1. The highest BCUT2D eigenvalue weighted by molar-refractivity contribution is 7.91. The molecule has 0 aromatic heterocycles. The maximum atomic E-state index is 11.8. The topological polar surface area (TPSA) is 63.2 Å². The quantitative estimate of drug-likeness (QED) is 0.625. The molecule has 1 saturated carbocycles. The highest BCUT2D eigenvalue weighted by Gasteiger charge is 2.45. The highest BCUT2D eigenvalue weighted by atomic mass is 32.2. The van der Waals surface area contributed by atoms with Gasteiger partial charge in [0.2, 0.25) is 5.91 Å². The van der Waals surface area contributed by atoms with Gasteiger partial charge < -0.3 is 5.32 Å². The smallest absolute Gasteiger partial charge is 0.227 e. The van der Waals surface area contributed by atoms with Crippen LogP contribution < -0.4 is 5.32 Å². The molecule has 0 radical (unpaired) electrons. The zero-order valence-electron chi connectivity index (χ0n) is 8.08. The molecule has 0 aromatic rings. The Morgan fingerprint density at radius 3 is 2.50 bits per heavy atom. The van der Waals surface area contributed by atoms with Gasteiger partial charge in [-0.3, -0.25) is 4.79 Å². The molecule has 1 saturated heterocycles. The van der Waals surface area contributed by atoms with Crippen molar-refractivity contribution in [3.8, 4) is 0 Å². The van der Waals surface area contributed by atoms with Crippen LogP contribution in [0.1, 0.15) is 25.7 Å². The molecular weight excluding hydrogens is 202 g/mol. The average molecular weight is 217 g/mol. The minimum absolute atomic E-state index is 0.0453. The third-order valence-corrected chi connectivity index (χ3v) is 5.06. The van der Waals surface area contributed by atoms with Gasteiger partial charge in [-0.15, -0.1) is 0 Å². The molecule has 1 spiro atoms. The Bertz CT molecular complexity index is 341. The van der Waals surface area contributed by atoms with Gasteiger partial charge >= 0.3 is 0 Å². The van der Waals surface area contributed by atoms with Gasteiger partial charge in [0, 0.05) is 6.54 Å². The van der Waals surface area contributed by atoms with E-state index in [0.717, 1.165) is 25.7 Å². The van der Waals surface area contributed by atoms with Gasteiger partial charge in [-0.1, -0.05) is 12.8 Å². The van der Waals surface area contributed by atoms with Crippen molar-refractivity contribution in [1.29, 1.82) is 0 Å². The summed E-state index contributed by atoms with van der Waals surface area (Å²) in [5.74, 6) is 0.114. The average Bonchev–Trinajstić information content (AvgIpc) is 2.48. The van der Waals surface area contributed by atoms with Crippen LogP contribution in [0.3, 0.4) is 0 Å². The number of carbonyl (C=O) groups excluding carboxylic acids is 1. The summed E-state index contributed by atoms with van der Waals surface area (Å²) in [6.07, 6.45) is 3.42. The molecule has 1 N–H and O–H groups in total. The van der Waals surface area contributed by atoms with Crippen molar-refractivity contribution in [3.63, 3.8) is 0 Å². The van der Waals surface area contributed by atoms with E-state index in [0.29, 0.717) is 0 Å². The summed E-state index contributed by atoms with van der Waals surface area (Å²) in [5, 5.41) is 2.71. The van der Waals surface area contributed by atoms with Crippen molar-refractivity contribution in [2.45, 2.75) is 25.7 Å². The minimum Gasteiger partial charge on any atom is -0.355 e. The number of sulfone groups is 1. The number of hydrogen-bond donors (Lipinski definition) is 1. The number of carbonyl (C=O) groups is 1. The molecule has 1 aliphatic carbocycles. The van der Waals surface area contributed by atoms with Crippen LogP contribution in [0.2, 0.25) is 0 Å². The van der Waals surface area contributed by atoms with Crippen LogP contribution in [-0.4, -0.2) is 32.4 Å². The Balaban J connectivity index is 2.32. The van der Waals surface area contributed by atoms with Crippen LogP contribution in [0.15, 0.2) is 0 Å². The molecule has 1 aliphatic heterocycles. The Morgan fingerprint density at radius 1 is 1.21 bits per heavy atom. The monoisotopic (exact) mass is 217 g/mol. The molecule has 14 heavy (non-hydrogen) atoms. The van der Waals surface area contributed by atoms with Crippen molar-refractivity contribution in [3.05, 3.63) is 0 Å². The summed E-state index contributed by atoms with van der Waals surface area (Å²) < 4.78 is 23.2. The lowest BCUT2D eigenvalue weighted by atomic mass is 9.87. The lowest BCUT2D eigenvalue weighted by molar-refractivity contribution is -0.129. The van der Waals surface area contributed by atoms with Gasteiger partial charge in [-0.05, 0) is 12.8 Å². The normalized spacial score (nSPS) is 29.9. The molecule has 4 nitrogen and oxygen atoms in total. The van der Waals surface area contributed by atoms with Crippen LogP contribution in [0.4, 0.5) is 0 Å². The van der Waals surface area contributed by atoms with Crippen LogP contribution in [0.5, 0.6) is 0 Å². The molecule has 1 amide bonds. The maximum absolute atomic E-state index is 11.8. The Hall–Kier alpha value is -0.580. The van der Waals surface area contributed by atoms with Crippen molar-refractivity contribution >= 4 is 15.7 Å². The van der Waals surface area contributed by atoms with E-state index in [2.05, 4.69) is 5.32 Å². The standard InChI is InChI=1S/C9H15NO3S/c11-8-9(3-1-2-4-9)7-14(12,13)6-5-10-8/h1-7H2,(H,10,11). The van der Waals surface area contributed by atoms with E-state index < -0.39 is 15.3 Å². The number of hydrogen-bond acceptors (Lipinski definition) is 3. The largest absolute Gasteiger partial charge is 0.355 e. The highest BCUT2D eigenvalue weighted by Crippen LogP contribution is 2.40. The summed E-state index contributed by atoms with van der Waals surface area (Å²) in [4.78, 5) is 11.8. The molecule has 80 valence electrons. The first-order valence-corrected chi connectivity index (χ1v) is 6.85. The zero-order chi connectivity index (χ0) is 10.2. The van der Waals surface area contributed by atoms with Crippen LogP contribution >= 0.6 is 0 Å². The van der Waals surface area contributed by atoms with Crippen molar-refractivity contribution in [2.24, 2.45) is 5.41 Å². The van der Waals surface area contributed by atoms with Crippen molar-refractivity contribution in [2.75, 3.05) is 18.1 Å². The summed E-state index contributed by atoms with van der Waals surface area (Å²) >= 11 is 0. The SMILES string of the molecule is O=C1NCCS(=O)(=O)CC12CCCC2. The predicted octanol–water partition coefficient (Wildman–Crippen LogP) is 0.0914. The molecule has 2 fully saturated rings. The molecule has 0 atom stereocenters. The molecular formula is C9H15NO3S. The van der Waals surface area contributed by atoms with E-state index in [9.17, 15) is 13.2 Å². The Morgan fingerprint density at radius 2 is 1.86 bits per heavy atom. The lowest BCUT2D eigenvalue weighted by Gasteiger charge is -2.23. The summed E-state index contributed by atoms with van der Waals surface area (Å²) in [6, 6.07) is 0. The van der Waals surface area contributed by atoms with Crippen LogP contribution in [0.25, 0.3) is 0 Å². The molecule has 0 unspecified atom stereocenters. The zero-order valence-corrected chi connectivity index (χ0v) is 8.90. The second kappa shape index (κ2) is 3.22. The fraction of sp³-hybridized carbons (Fsp3) is 0.889. The lowest BCUT2D eigenvalue weighted by Crippen LogP contribution is -2.40. The van der Waals surface area contributed by atoms with E-state index in [1.807, 2.05) is 0 Å². The molecule has 2 aliphatic rings. The van der Waals surface area contributed by atoms with E-state index in [-0.39, 0.29) is 24.0 Å². The van der Waals surface area contributed by atoms with E-state index in [1.165, 1.54) is 0 Å². The molecule has 0 aromatic carbocycles. The van der Waals surface area contributed by atoms with Gasteiger partial charge in [-0.25, -0.2) is 8.42 Å². The molecule has 1 heterocycles. The maximum Gasteiger partial charge on any atom is 0.227 e. The Kier molecular flexibility index (Phi) is 2.29. The first-order valence-electron chi connectivity index (χ1n) is 5.03. The van der Waals surface area contributed by atoms with E-state index in [4.69, 9.17) is 0 Å². The van der Waals surface area contributed by atoms with Gasteiger partial charge in [0.1, 0.15) is 0 Å². The van der Waals surface area contributed by atoms with Gasteiger partial charge in [0.15, 0.2) is 9.84 Å². The van der Waals surface area contributed by atoms with Gasteiger partial charge in [-0.2, -0.15) is 0 Å². The summed E-state index contributed by atoms with van der Waals surface area (Å²) in [6.45, 7) is 0.281. The molecule has 5 heteroatoms. The minimum atomic E-state index is -3.03. The van der Waals surface area contributed by atoms with Crippen LogP contribution in [-0.2, 0) is 14.6 Å². The summed E-state index contributed by atoms with van der Waals surface area (Å²) in [5.41, 5.74) is -0.588. The van der Waals surface area contributed by atoms with Gasteiger partial charge in [0.05, 0.1) is 16.9 Å². The fourth-order valence-electron chi connectivity index (χ4n) is 2.49. The fourth-order valence-corrected chi connectivity index (χ4v) is 4.31. The van der Waals surface area contributed by atoms with Crippen molar-refractivity contribution in [1.82, 2.24) is 5.32 Å². The third-order valence-electron chi connectivity index (χ3n) is 3.24. The van der Waals surface area contributed by atoms with E-state index >= 15 is 0 Å². The second-order valence-electron chi connectivity index (χ2n) is 4.34. The number of nitrogens with one attached hydrogen (secondary N) is 1. The predicted molar refractivity (Wildman–Crippen MR) is 52.6 cm³/mol. The second-order valence-corrected chi connectivity index (χ2v) is 6.52. The Labute approximate surface area is 84.0 Å². The molecule has 2 rings (SSSR count). The molecule has 0 bridgehead atoms. The van der Waals surface area contributed by atoms with Gasteiger partial charge in [0.25, 0.3) is 0 Å². The van der Waals surface area contributed by atoms with Crippen molar-refractivity contribution < 1.29 is 13.2 Å². The van der Waals surface area contributed by atoms with Crippen LogP contribution in [0, 0.1) is 5.41 Å².